The molecule has 0 saturated heterocycles. The van der Waals surface area contributed by atoms with Crippen molar-refractivity contribution in [3.63, 3.8) is 0 Å². The van der Waals surface area contributed by atoms with Crippen LogP contribution in [0.5, 0.6) is 5.75 Å². The molecule has 0 aliphatic rings. The van der Waals surface area contributed by atoms with Crippen LogP contribution in [0, 0.1) is 11.3 Å². The summed E-state index contributed by atoms with van der Waals surface area (Å²) >= 11 is 0. The largest absolute Gasteiger partial charge is 0.497 e. The average molecular weight is 229 g/mol. The van der Waals surface area contributed by atoms with E-state index in [1.165, 1.54) is 0 Å². The van der Waals surface area contributed by atoms with Crippen molar-refractivity contribution in [3.8, 4) is 11.8 Å². The van der Waals surface area contributed by atoms with E-state index in [-0.39, 0.29) is 6.42 Å². The van der Waals surface area contributed by atoms with Crippen LogP contribution in [0.4, 0.5) is 0 Å². The summed E-state index contributed by atoms with van der Waals surface area (Å²) in [5.41, 5.74) is 1.02. The maximum atomic E-state index is 8.50. The first-order chi connectivity index (χ1) is 8.31. The van der Waals surface area contributed by atoms with Crippen LogP contribution >= 0.6 is 0 Å². The van der Waals surface area contributed by atoms with Crippen molar-refractivity contribution in [1.82, 2.24) is 10.1 Å². The Morgan fingerprint density at radius 2 is 2.35 bits per heavy atom. The van der Waals surface area contributed by atoms with Crippen LogP contribution in [-0.4, -0.2) is 17.3 Å². The molecule has 1 aromatic heterocycles. The van der Waals surface area contributed by atoms with Crippen molar-refractivity contribution in [2.75, 3.05) is 7.11 Å². The van der Waals surface area contributed by atoms with E-state index < -0.39 is 0 Å². The fraction of sp³-hybridized carbons (Fsp3) is 0.250. The van der Waals surface area contributed by atoms with Gasteiger partial charge < -0.3 is 9.26 Å². The second-order valence-corrected chi connectivity index (χ2v) is 3.47. The molecule has 5 heteroatoms. The quantitative estimate of drug-likeness (QED) is 0.798. The summed E-state index contributed by atoms with van der Waals surface area (Å²) in [7, 11) is 1.62. The highest BCUT2D eigenvalue weighted by Gasteiger charge is 2.07. The lowest BCUT2D eigenvalue weighted by Crippen LogP contribution is -1.91. The number of aromatic nitrogens is 2. The predicted octanol–water partition coefficient (Wildman–Crippen LogP) is 1.74. The van der Waals surface area contributed by atoms with E-state index >= 15 is 0 Å². The summed E-state index contributed by atoms with van der Waals surface area (Å²) < 4.78 is 10.2. The predicted molar refractivity (Wildman–Crippen MR) is 59.4 cm³/mol. The highest BCUT2D eigenvalue weighted by Crippen LogP contribution is 2.15. The number of methoxy groups -OCH3 is 1. The fourth-order valence-electron chi connectivity index (χ4n) is 1.46. The van der Waals surface area contributed by atoms with Crippen LogP contribution in [0.25, 0.3) is 0 Å². The van der Waals surface area contributed by atoms with Crippen LogP contribution < -0.4 is 4.74 Å². The summed E-state index contributed by atoms with van der Waals surface area (Å²) in [6, 6.07) is 9.62. The van der Waals surface area contributed by atoms with E-state index in [4.69, 9.17) is 14.5 Å². The first kappa shape index (κ1) is 11.1. The zero-order valence-electron chi connectivity index (χ0n) is 9.38. The van der Waals surface area contributed by atoms with E-state index in [0.29, 0.717) is 18.1 Å². The lowest BCUT2D eigenvalue weighted by atomic mass is 10.1. The molecule has 0 bridgehead atoms. The Balaban J connectivity index is 2.11. The van der Waals surface area contributed by atoms with Crippen LogP contribution in [0.15, 0.2) is 28.8 Å². The third-order valence-corrected chi connectivity index (χ3v) is 2.24. The van der Waals surface area contributed by atoms with Crippen molar-refractivity contribution in [2.45, 2.75) is 12.8 Å². The molecular formula is C12H11N3O2. The van der Waals surface area contributed by atoms with E-state index in [1.54, 1.807) is 7.11 Å². The van der Waals surface area contributed by atoms with Gasteiger partial charge in [-0.2, -0.15) is 10.2 Å². The van der Waals surface area contributed by atoms with Gasteiger partial charge in [-0.15, -0.1) is 0 Å². The summed E-state index contributed by atoms with van der Waals surface area (Å²) in [6.07, 6.45) is 0.706. The average Bonchev–Trinajstić information content (AvgIpc) is 2.77. The minimum Gasteiger partial charge on any atom is -0.497 e. The Morgan fingerprint density at radius 1 is 1.47 bits per heavy atom. The van der Waals surface area contributed by atoms with Gasteiger partial charge in [-0.25, -0.2) is 0 Å². The van der Waals surface area contributed by atoms with Gasteiger partial charge in [-0.05, 0) is 17.7 Å². The maximum absolute atomic E-state index is 8.50. The molecular weight excluding hydrogens is 218 g/mol. The molecule has 0 fully saturated rings. The molecule has 2 rings (SSSR count). The summed E-state index contributed by atoms with van der Waals surface area (Å²) in [5, 5.41) is 12.2. The van der Waals surface area contributed by atoms with Gasteiger partial charge in [0.1, 0.15) is 5.75 Å². The van der Waals surface area contributed by atoms with Gasteiger partial charge in [0.15, 0.2) is 5.82 Å². The van der Waals surface area contributed by atoms with Crippen LogP contribution in [0.2, 0.25) is 0 Å². The van der Waals surface area contributed by atoms with Gasteiger partial charge in [0.2, 0.25) is 5.89 Å². The van der Waals surface area contributed by atoms with Gasteiger partial charge in [-0.3, -0.25) is 0 Å². The number of nitriles is 1. The number of nitrogens with zero attached hydrogens (tertiary/aromatic N) is 3. The molecule has 1 heterocycles. The number of rotatable bonds is 4. The van der Waals surface area contributed by atoms with E-state index in [1.807, 2.05) is 30.3 Å². The fourth-order valence-corrected chi connectivity index (χ4v) is 1.46. The van der Waals surface area contributed by atoms with Crippen LogP contribution in [0.3, 0.4) is 0 Å². The van der Waals surface area contributed by atoms with E-state index in [0.717, 1.165) is 11.3 Å². The molecule has 17 heavy (non-hydrogen) atoms. The SMILES string of the molecule is COc1cccc(Cc2nc(CC#N)no2)c1. The second kappa shape index (κ2) is 5.12. The summed E-state index contributed by atoms with van der Waals surface area (Å²) in [4.78, 5) is 4.11. The molecule has 0 unspecified atom stereocenters. The van der Waals surface area contributed by atoms with Crippen molar-refractivity contribution >= 4 is 0 Å². The normalized spacial score (nSPS) is 9.88. The second-order valence-electron chi connectivity index (χ2n) is 3.47. The van der Waals surface area contributed by atoms with Gasteiger partial charge in [0.05, 0.1) is 26.0 Å². The zero-order chi connectivity index (χ0) is 12.1. The Bertz CT molecular complexity index is 543. The Kier molecular flexibility index (Phi) is 3.36. The third kappa shape index (κ3) is 2.82. The molecule has 0 amide bonds. The van der Waals surface area contributed by atoms with E-state index in [9.17, 15) is 0 Å². The Morgan fingerprint density at radius 3 is 3.12 bits per heavy atom. The maximum Gasteiger partial charge on any atom is 0.231 e. The molecule has 0 saturated carbocycles. The number of benzene rings is 1. The molecule has 5 nitrogen and oxygen atoms in total. The third-order valence-electron chi connectivity index (χ3n) is 2.24. The monoisotopic (exact) mass is 229 g/mol. The van der Waals surface area contributed by atoms with Crippen LogP contribution in [0.1, 0.15) is 17.3 Å². The molecule has 2 aromatic rings. The van der Waals surface area contributed by atoms with Crippen molar-refractivity contribution in [3.05, 3.63) is 41.5 Å². The summed E-state index contributed by atoms with van der Waals surface area (Å²) in [6.45, 7) is 0. The van der Waals surface area contributed by atoms with E-state index in [2.05, 4.69) is 10.1 Å². The highest BCUT2D eigenvalue weighted by molar-refractivity contribution is 5.29. The standard InChI is InChI=1S/C12H11N3O2/c1-16-10-4-2-3-9(7-10)8-12-14-11(5-6-13)15-17-12/h2-4,7H,5,8H2,1H3. The molecule has 1 aromatic carbocycles. The van der Waals surface area contributed by atoms with Crippen molar-refractivity contribution in [2.24, 2.45) is 0 Å². The Labute approximate surface area is 98.6 Å². The smallest absolute Gasteiger partial charge is 0.231 e. The highest BCUT2D eigenvalue weighted by atomic mass is 16.5. The first-order valence-electron chi connectivity index (χ1n) is 5.13. The lowest BCUT2D eigenvalue weighted by Gasteiger charge is -2.01. The molecule has 0 atom stereocenters. The van der Waals surface area contributed by atoms with Gasteiger partial charge in [-0.1, -0.05) is 17.3 Å². The molecule has 0 radical (unpaired) electrons. The topological polar surface area (TPSA) is 71.9 Å². The minimum absolute atomic E-state index is 0.168. The number of hydrogen-bond acceptors (Lipinski definition) is 5. The molecule has 0 aliphatic heterocycles. The molecule has 0 aliphatic carbocycles. The Hall–Kier alpha value is -2.35. The zero-order valence-corrected chi connectivity index (χ0v) is 9.38. The van der Waals surface area contributed by atoms with Crippen LogP contribution in [-0.2, 0) is 12.8 Å². The minimum atomic E-state index is 0.168. The molecule has 0 N–H and O–H groups in total. The summed E-state index contributed by atoms with van der Waals surface area (Å²) in [5.74, 6) is 1.72. The van der Waals surface area contributed by atoms with Gasteiger partial charge in [0, 0.05) is 0 Å². The van der Waals surface area contributed by atoms with Crippen molar-refractivity contribution in [1.29, 1.82) is 5.26 Å². The number of hydrogen-bond donors (Lipinski definition) is 0. The van der Waals surface area contributed by atoms with Gasteiger partial charge >= 0.3 is 0 Å². The van der Waals surface area contributed by atoms with Crippen molar-refractivity contribution < 1.29 is 9.26 Å². The van der Waals surface area contributed by atoms with Gasteiger partial charge in [0.25, 0.3) is 0 Å². The lowest BCUT2D eigenvalue weighted by molar-refractivity contribution is 0.380. The number of ether oxygens (including phenoxy) is 1. The molecule has 0 spiro atoms. The molecule has 86 valence electrons. The first-order valence-corrected chi connectivity index (χ1v) is 5.13.